The molecule has 68 valence electrons. The van der Waals surface area contributed by atoms with Crippen molar-refractivity contribution in [2.75, 3.05) is 5.73 Å². The second-order valence-corrected chi connectivity index (χ2v) is 3.68. The highest BCUT2D eigenvalue weighted by atomic mass is 32.1. The molecular formula is C11H13NS. The molecule has 0 aliphatic carbocycles. The maximum atomic E-state index is 5.65. The van der Waals surface area contributed by atoms with Crippen LogP contribution < -0.4 is 5.73 Å². The lowest BCUT2D eigenvalue weighted by Crippen LogP contribution is -1.74. The van der Waals surface area contributed by atoms with Crippen LogP contribution in [-0.4, -0.2) is 0 Å². The van der Waals surface area contributed by atoms with Gasteiger partial charge in [-0.25, -0.2) is 0 Å². The minimum absolute atomic E-state index is 0.842. The Bertz CT molecular complexity index is 345. The molecule has 1 aromatic heterocycles. The number of rotatable bonds is 3. The van der Waals surface area contributed by atoms with Gasteiger partial charge in [-0.2, -0.15) is 0 Å². The summed E-state index contributed by atoms with van der Waals surface area (Å²) in [4.78, 5) is 1.18. The summed E-state index contributed by atoms with van der Waals surface area (Å²) < 4.78 is 0. The molecule has 13 heavy (non-hydrogen) atoms. The second-order valence-electron chi connectivity index (χ2n) is 2.56. The third-order valence-electron chi connectivity index (χ3n) is 1.55. The predicted octanol–water partition coefficient (Wildman–Crippen LogP) is 3.48. The Morgan fingerprint density at radius 1 is 1.54 bits per heavy atom. The first-order valence-corrected chi connectivity index (χ1v) is 4.90. The van der Waals surface area contributed by atoms with E-state index >= 15 is 0 Å². The van der Waals surface area contributed by atoms with Crippen molar-refractivity contribution < 1.29 is 0 Å². The van der Waals surface area contributed by atoms with E-state index < -0.39 is 0 Å². The van der Waals surface area contributed by atoms with Gasteiger partial charge in [-0.05, 0) is 24.6 Å². The third-order valence-corrected chi connectivity index (χ3v) is 2.52. The maximum absolute atomic E-state index is 5.65. The molecule has 0 aliphatic heterocycles. The Hall–Kier alpha value is -1.28. The van der Waals surface area contributed by atoms with Crippen molar-refractivity contribution in [3.05, 3.63) is 47.9 Å². The molecule has 1 rings (SSSR count). The summed E-state index contributed by atoms with van der Waals surface area (Å²) in [6, 6.07) is 3.94. The molecular weight excluding hydrogens is 178 g/mol. The molecule has 0 aliphatic rings. The quantitative estimate of drug-likeness (QED) is 0.727. The average Bonchev–Trinajstić information content (AvgIpc) is 2.51. The highest BCUT2D eigenvalue weighted by Gasteiger charge is 1.99. The first-order chi connectivity index (χ1) is 6.27. The van der Waals surface area contributed by atoms with Crippen LogP contribution in [0.4, 0.5) is 5.00 Å². The molecule has 0 atom stereocenters. The summed E-state index contributed by atoms with van der Waals surface area (Å²) in [6.45, 7) is 5.67. The van der Waals surface area contributed by atoms with Gasteiger partial charge >= 0.3 is 0 Å². The van der Waals surface area contributed by atoms with E-state index in [0.717, 1.165) is 10.6 Å². The fourth-order valence-corrected chi connectivity index (χ4v) is 1.81. The molecule has 0 unspecified atom stereocenters. The lowest BCUT2D eigenvalue weighted by atomic mass is 10.2. The van der Waals surface area contributed by atoms with Crippen LogP contribution >= 0.6 is 11.3 Å². The van der Waals surface area contributed by atoms with Crippen molar-refractivity contribution in [1.82, 2.24) is 0 Å². The van der Waals surface area contributed by atoms with Gasteiger partial charge in [0.15, 0.2) is 0 Å². The van der Waals surface area contributed by atoms with Crippen LogP contribution in [0, 0.1) is 0 Å². The second kappa shape index (κ2) is 4.67. The number of nitrogens with two attached hydrogens (primary N) is 1. The Balaban J connectivity index is 3.01. The van der Waals surface area contributed by atoms with Gasteiger partial charge in [-0.15, -0.1) is 11.3 Å². The van der Waals surface area contributed by atoms with E-state index in [1.807, 2.05) is 37.3 Å². The standard InChI is InChI=1S/C11H13NS/c1-3-5-9(6-4-2)10-7-8-11(12)13-10/h3-8H,1,12H2,2H3/b6-4-,9-5+. The van der Waals surface area contributed by atoms with E-state index in [9.17, 15) is 0 Å². The smallest absolute Gasteiger partial charge is 0.0862 e. The van der Waals surface area contributed by atoms with Crippen LogP contribution in [0.1, 0.15) is 11.8 Å². The Morgan fingerprint density at radius 3 is 2.77 bits per heavy atom. The zero-order chi connectivity index (χ0) is 9.68. The van der Waals surface area contributed by atoms with Crippen LogP contribution in [0.3, 0.4) is 0 Å². The lowest BCUT2D eigenvalue weighted by molar-refractivity contribution is 1.72. The summed E-state index contributed by atoms with van der Waals surface area (Å²) in [5.74, 6) is 0. The summed E-state index contributed by atoms with van der Waals surface area (Å²) in [7, 11) is 0. The van der Waals surface area contributed by atoms with E-state index in [1.54, 1.807) is 17.4 Å². The topological polar surface area (TPSA) is 26.0 Å². The largest absolute Gasteiger partial charge is 0.391 e. The minimum atomic E-state index is 0.842. The summed E-state index contributed by atoms with van der Waals surface area (Å²) in [5.41, 5.74) is 6.80. The van der Waals surface area contributed by atoms with Gasteiger partial charge in [0.1, 0.15) is 0 Å². The minimum Gasteiger partial charge on any atom is -0.391 e. The van der Waals surface area contributed by atoms with Crippen LogP contribution in [0.15, 0.2) is 43.0 Å². The van der Waals surface area contributed by atoms with E-state index in [-0.39, 0.29) is 0 Å². The molecule has 0 aromatic carbocycles. The fraction of sp³-hybridized carbons (Fsp3) is 0.0909. The number of hydrogen-bond donors (Lipinski definition) is 1. The first kappa shape index (κ1) is 9.81. The van der Waals surface area contributed by atoms with E-state index in [4.69, 9.17) is 5.73 Å². The van der Waals surface area contributed by atoms with Crippen molar-refractivity contribution >= 4 is 21.9 Å². The van der Waals surface area contributed by atoms with Crippen LogP contribution in [0.5, 0.6) is 0 Å². The van der Waals surface area contributed by atoms with Crippen LogP contribution in [-0.2, 0) is 0 Å². The molecule has 1 aromatic rings. The van der Waals surface area contributed by atoms with Gasteiger partial charge in [0, 0.05) is 4.88 Å². The van der Waals surface area contributed by atoms with Gasteiger partial charge in [0.25, 0.3) is 0 Å². The molecule has 0 bridgehead atoms. The normalized spacial score (nSPS) is 12.2. The number of anilines is 1. The SMILES string of the molecule is C=C/C=C(\C=C/C)c1ccc(N)s1. The fourth-order valence-electron chi connectivity index (χ4n) is 1.03. The van der Waals surface area contributed by atoms with Crippen LogP contribution in [0.25, 0.3) is 5.57 Å². The Labute approximate surface area is 82.9 Å². The van der Waals surface area contributed by atoms with Crippen molar-refractivity contribution in [2.45, 2.75) is 6.92 Å². The zero-order valence-electron chi connectivity index (χ0n) is 7.66. The monoisotopic (exact) mass is 191 g/mol. The van der Waals surface area contributed by atoms with Crippen molar-refractivity contribution in [1.29, 1.82) is 0 Å². The predicted molar refractivity (Wildman–Crippen MR) is 61.7 cm³/mol. The van der Waals surface area contributed by atoms with Gasteiger partial charge in [-0.3, -0.25) is 0 Å². The maximum Gasteiger partial charge on any atom is 0.0862 e. The highest BCUT2D eigenvalue weighted by Crippen LogP contribution is 2.26. The molecule has 2 heteroatoms. The Morgan fingerprint density at radius 2 is 2.31 bits per heavy atom. The van der Waals surface area contributed by atoms with Crippen molar-refractivity contribution in [3.63, 3.8) is 0 Å². The van der Waals surface area contributed by atoms with Crippen LogP contribution in [0.2, 0.25) is 0 Å². The number of thiophene rings is 1. The Kier molecular flexibility index (Phi) is 3.53. The highest BCUT2D eigenvalue weighted by molar-refractivity contribution is 7.17. The van der Waals surface area contributed by atoms with Gasteiger partial charge in [-0.1, -0.05) is 30.9 Å². The van der Waals surface area contributed by atoms with Gasteiger partial charge < -0.3 is 5.73 Å². The van der Waals surface area contributed by atoms with Crippen molar-refractivity contribution in [2.24, 2.45) is 0 Å². The lowest BCUT2D eigenvalue weighted by Gasteiger charge is -1.94. The number of allylic oxidation sites excluding steroid dienone is 5. The average molecular weight is 191 g/mol. The van der Waals surface area contributed by atoms with Crippen molar-refractivity contribution in [3.8, 4) is 0 Å². The van der Waals surface area contributed by atoms with E-state index in [2.05, 4.69) is 6.58 Å². The van der Waals surface area contributed by atoms with Gasteiger partial charge in [0.05, 0.1) is 5.00 Å². The molecule has 1 nitrogen and oxygen atoms in total. The molecule has 0 radical (unpaired) electrons. The van der Waals surface area contributed by atoms with E-state index in [1.165, 1.54) is 4.88 Å². The molecule has 1 heterocycles. The number of hydrogen-bond acceptors (Lipinski definition) is 2. The number of nitrogen functional groups attached to an aromatic ring is 1. The van der Waals surface area contributed by atoms with E-state index in [0.29, 0.717) is 0 Å². The first-order valence-electron chi connectivity index (χ1n) is 4.09. The summed E-state index contributed by atoms with van der Waals surface area (Å²) in [5, 5.41) is 0.842. The summed E-state index contributed by atoms with van der Waals surface area (Å²) >= 11 is 1.59. The molecule has 0 spiro atoms. The van der Waals surface area contributed by atoms with Gasteiger partial charge in [0.2, 0.25) is 0 Å². The molecule has 0 fully saturated rings. The molecule has 2 N–H and O–H groups in total. The summed E-state index contributed by atoms with van der Waals surface area (Å²) in [6.07, 6.45) is 7.81. The zero-order valence-corrected chi connectivity index (χ0v) is 8.47. The molecule has 0 amide bonds. The molecule has 0 saturated carbocycles. The third kappa shape index (κ3) is 2.60. The molecule has 0 saturated heterocycles.